The van der Waals surface area contributed by atoms with Gasteiger partial charge in [-0.2, -0.15) is 0 Å². The average molecular weight is 414 g/mol. The Labute approximate surface area is 185 Å². The molecule has 160 valence electrons. The maximum Gasteiger partial charge on any atom is 0.206 e. The number of benzene rings is 1. The topological polar surface area (TPSA) is 43.2 Å². The first kappa shape index (κ1) is 20.9. The number of hydrogen-bond acceptors (Lipinski definition) is 5. The van der Waals surface area contributed by atoms with Gasteiger partial charge in [-0.05, 0) is 55.2 Å². The normalized spacial score (nSPS) is 21.3. The standard InChI is InChI=1S/C26H31N5/c1-19-8-5-11-24(16-19)28-21(3)23-10-7-15-31(18-23)26-29-25(17-20(2)30(26)4)22-9-6-13-27-14-12-22/h5,8-9,11-14,16-17,23,28H,2-3,6-7,10,15,18H2,1,4H3. The molecule has 5 heteroatoms. The van der Waals surface area contributed by atoms with Crippen molar-refractivity contribution in [3.63, 3.8) is 0 Å². The first-order valence-electron chi connectivity index (χ1n) is 10.9. The van der Waals surface area contributed by atoms with Crippen molar-refractivity contribution in [2.45, 2.75) is 26.2 Å². The number of aliphatic imine (C=N–C) groups is 2. The highest BCUT2D eigenvalue weighted by Gasteiger charge is 2.28. The highest BCUT2D eigenvalue weighted by Crippen LogP contribution is 2.29. The number of nitrogens with zero attached hydrogens (tertiary/aromatic N) is 4. The van der Waals surface area contributed by atoms with Gasteiger partial charge in [0, 0.05) is 62.0 Å². The third-order valence-electron chi connectivity index (χ3n) is 5.96. The summed E-state index contributed by atoms with van der Waals surface area (Å²) >= 11 is 0. The molecule has 3 aliphatic heterocycles. The van der Waals surface area contributed by atoms with Gasteiger partial charge in [-0.3, -0.25) is 4.99 Å². The Kier molecular flexibility index (Phi) is 6.21. The van der Waals surface area contributed by atoms with E-state index >= 15 is 0 Å². The van der Waals surface area contributed by atoms with Gasteiger partial charge in [0.15, 0.2) is 0 Å². The number of allylic oxidation sites excluding steroid dienone is 3. The van der Waals surface area contributed by atoms with E-state index < -0.39 is 0 Å². The molecule has 0 aliphatic carbocycles. The molecule has 0 bridgehead atoms. The molecule has 3 aliphatic rings. The predicted octanol–water partition coefficient (Wildman–Crippen LogP) is 5.25. The lowest BCUT2D eigenvalue weighted by molar-refractivity contribution is 0.263. The summed E-state index contributed by atoms with van der Waals surface area (Å²) in [7, 11) is 2.04. The van der Waals surface area contributed by atoms with Crippen molar-refractivity contribution in [2.24, 2.45) is 15.9 Å². The van der Waals surface area contributed by atoms with Gasteiger partial charge in [0.2, 0.25) is 5.96 Å². The van der Waals surface area contributed by atoms with Crippen molar-refractivity contribution in [3.05, 3.63) is 90.1 Å². The summed E-state index contributed by atoms with van der Waals surface area (Å²) in [5.41, 5.74) is 6.38. The van der Waals surface area contributed by atoms with E-state index in [-0.39, 0.29) is 0 Å². The fourth-order valence-corrected chi connectivity index (χ4v) is 4.17. The minimum atomic E-state index is 0.360. The molecule has 1 aromatic rings. The highest BCUT2D eigenvalue weighted by atomic mass is 15.4. The molecular weight excluding hydrogens is 382 g/mol. The minimum Gasteiger partial charge on any atom is -0.359 e. The summed E-state index contributed by atoms with van der Waals surface area (Å²) in [5.74, 6) is 1.31. The number of hydrogen-bond donors (Lipinski definition) is 1. The Morgan fingerprint density at radius 2 is 2.16 bits per heavy atom. The van der Waals surface area contributed by atoms with E-state index in [4.69, 9.17) is 4.99 Å². The molecule has 1 aromatic carbocycles. The molecule has 1 N–H and O–H groups in total. The van der Waals surface area contributed by atoms with E-state index in [0.717, 1.165) is 66.7 Å². The van der Waals surface area contributed by atoms with Gasteiger partial charge >= 0.3 is 0 Å². The molecule has 3 heterocycles. The van der Waals surface area contributed by atoms with Crippen LogP contribution < -0.4 is 5.32 Å². The summed E-state index contributed by atoms with van der Waals surface area (Å²) in [6.07, 6.45) is 13.0. The number of piperidine rings is 1. The summed E-state index contributed by atoms with van der Waals surface area (Å²) in [5, 5.41) is 3.53. The number of aryl methyl sites for hydroxylation is 1. The van der Waals surface area contributed by atoms with E-state index in [1.165, 1.54) is 5.56 Å². The molecule has 1 atom stereocenters. The number of guanidine groups is 1. The number of likely N-dealkylation sites (N-methyl/N-ethyl adjacent to an activating group) is 1. The van der Waals surface area contributed by atoms with Crippen molar-refractivity contribution in [2.75, 3.05) is 25.5 Å². The van der Waals surface area contributed by atoms with Crippen LogP contribution in [0.1, 0.15) is 24.8 Å². The van der Waals surface area contributed by atoms with Crippen LogP contribution in [-0.4, -0.2) is 42.1 Å². The predicted molar refractivity (Wildman–Crippen MR) is 131 cm³/mol. The van der Waals surface area contributed by atoms with Crippen LogP contribution >= 0.6 is 0 Å². The van der Waals surface area contributed by atoms with Crippen molar-refractivity contribution in [3.8, 4) is 0 Å². The van der Waals surface area contributed by atoms with Crippen molar-refractivity contribution in [1.29, 1.82) is 0 Å². The van der Waals surface area contributed by atoms with Gasteiger partial charge in [-0.1, -0.05) is 31.4 Å². The summed E-state index contributed by atoms with van der Waals surface area (Å²) in [6.45, 7) is 12.6. The Morgan fingerprint density at radius 1 is 1.29 bits per heavy atom. The van der Waals surface area contributed by atoms with Gasteiger partial charge in [0.05, 0.1) is 5.70 Å². The molecule has 5 nitrogen and oxygen atoms in total. The molecule has 1 unspecified atom stereocenters. The quantitative estimate of drug-likeness (QED) is 0.733. The molecule has 4 rings (SSSR count). The van der Waals surface area contributed by atoms with E-state index in [9.17, 15) is 0 Å². The Morgan fingerprint density at radius 3 is 3.00 bits per heavy atom. The fourth-order valence-electron chi connectivity index (χ4n) is 4.17. The Bertz CT molecular complexity index is 1020. The first-order chi connectivity index (χ1) is 15.0. The Hall–Kier alpha value is -3.34. The van der Waals surface area contributed by atoms with Gasteiger partial charge in [0.1, 0.15) is 0 Å². The van der Waals surface area contributed by atoms with Gasteiger partial charge in [-0.15, -0.1) is 0 Å². The van der Waals surface area contributed by atoms with Crippen LogP contribution in [0, 0.1) is 12.8 Å². The maximum atomic E-state index is 5.04. The zero-order valence-corrected chi connectivity index (χ0v) is 18.5. The number of anilines is 1. The molecule has 1 saturated heterocycles. The molecule has 1 fully saturated rings. The molecule has 0 amide bonds. The summed E-state index contributed by atoms with van der Waals surface area (Å²) in [4.78, 5) is 13.7. The zero-order valence-electron chi connectivity index (χ0n) is 18.5. The fraction of sp³-hybridized carbons (Fsp3) is 0.308. The van der Waals surface area contributed by atoms with Crippen molar-refractivity contribution >= 4 is 17.9 Å². The minimum absolute atomic E-state index is 0.360. The smallest absolute Gasteiger partial charge is 0.206 e. The van der Waals surface area contributed by atoms with Crippen molar-refractivity contribution in [1.82, 2.24) is 9.80 Å². The van der Waals surface area contributed by atoms with Crippen LogP contribution in [0.3, 0.4) is 0 Å². The lowest BCUT2D eigenvalue weighted by Gasteiger charge is -2.40. The third-order valence-corrected chi connectivity index (χ3v) is 5.96. The Balaban J connectivity index is 1.51. The van der Waals surface area contributed by atoms with Crippen LogP contribution in [0.25, 0.3) is 0 Å². The van der Waals surface area contributed by atoms with Gasteiger partial charge < -0.3 is 15.1 Å². The summed E-state index contributed by atoms with van der Waals surface area (Å²) in [6, 6.07) is 8.43. The van der Waals surface area contributed by atoms with E-state index in [1.54, 1.807) is 0 Å². The molecule has 0 spiro atoms. The molecule has 0 saturated carbocycles. The largest absolute Gasteiger partial charge is 0.359 e. The zero-order chi connectivity index (χ0) is 21.8. The van der Waals surface area contributed by atoms with Crippen LogP contribution in [0.2, 0.25) is 0 Å². The van der Waals surface area contributed by atoms with Gasteiger partial charge in [-0.25, -0.2) is 4.99 Å². The molecule has 0 aromatic heterocycles. The molecular formula is C26H31N5. The van der Waals surface area contributed by atoms with Crippen LogP contribution in [-0.2, 0) is 0 Å². The first-order valence-corrected chi connectivity index (χ1v) is 10.9. The van der Waals surface area contributed by atoms with Crippen LogP contribution in [0.5, 0.6) is 0 Å². The lowest BCUT2D eigenvalue weighted by Crippen LogP contribution is -2.48. The highest BCUT2D eigenvalue weighted by molar-refractivity contribution is 5.85. The maximum absolute atomic E-state index is 5.04. The second kappa shape index (κ2) is 9.21. The summed E-state index contributed by atoms with van der Waals surface area (Å²) < 4.78 is 0. The van der Waals surface area contributed by atoms with E-state index in [2.05, 4.69) is 70.5 Å². The second-order valence-corrected chi connectivity index (χ2v) is 8.34. The van der Waals surface area contributed by atoms with Gasteiger partial charge in [0.25, 0.3) is 0 Å². The number of nitrogens with one attached hydrogen (secondary N) is 1. The second-order valence-electron chi connectivity index (χ2n) is 8.34. The molecule has 0 radical (unpaired) electrons. The SMILES string of the molecule is C=C(Nc1cccc(C)c1)C1CCCN(C2=NC(C3=CCC=NC=C3)=CC(=C)N2C)C1. The van der Waals surface area contributed by atoms with Crippen molar-refractivity contribution < 1.29 is 0 Å². The van der Waals surface area contributed by atoms with E-state index in [1.807, 2.05) is 31.6 Å². The monoisotopic (exact) mass is 413 g/mol. The van der Waals surface area contributed by atoms with Crippen LogP contribution in [0.15, 0.2) is 94.5 Å². The number of likely N-dealkylation sites (tertiary alicyclic amines) is 1. The molecule has 31 heavy (non-hydrogen) atoms. The third kappa shape index (κ3) is 4.88. The van der Waals surface area contributed by atoms with Crippen LogP contribution in [0.4, 0.5) is 5.69 Å². The lowest BCUT2D eigenvalue weighted by atomic mass is 9.95. The van der Waals surface area contributed by atoms with E-state index in [0.29, 0.717) is 5.92 Å². The number of rotatable bonds is 4. The average Bonchev–Trinajstić information content (AvgIpc) is 3.05.